The second-order valence-electron chi connectivity index (χ2n) is 4.70. The van der Waals surface area contributed by atoms with E-state index in [9.17, 15) is 14.9 Å². The molecule has 1 aromatic carbocycles. The van der Waals surface area contributed by atoms with Crippen LogP contribution in [0.5, 0.6) is 0 Å². The van der Waals surface area contributed by atoms with Crippen molar-refractivity contribution >= 4 is 28.9 Å². The van der Waals surface area contributed by atoms with Gasteiger partial charge in [0.05, 0.1) is 4.92 Å². The summed E-state index contributed by atoms with van der Waals surface area (Å²) in [4.78, 5) is 22.4. The maximum atomic E-state index is 12.0. The van der Waals surface area contributed by atoms with Gasteiger partial charge in [-0.15, -0.1) is 0 Å². The first kappa shape index (κ1) is 15.9. The van der Waals surface area contributed by atoms with Crippen LogP contribution < -0.4 is 9.88 Å². The van der Waals surface area contributed by atoms with E-state index < -0.39 is 4.92 Å². The Bertz CT molecular complexity index is 702. The Morgan fingerprint density at radius 3 is 2.59 bits per heavy atom. The van der Waals surface area contributed by atoms with Gasteiger partial charge in [0.15, 0.2) is 12.4 Å². The molecule has 0 saturated carbocycles. The van der Waals surface area contributed by atoms with E-state index in [1.54, 1.807) is 17.0 Å². The number of pyridine rings is 1. The molecule has 0 aliphatic rings. The number of nitrogens with one attached hydrogen (secondary N) is 1. The molecule has 0 fully saturated rings. The molecule has 22 heavy (non-hydrogen) atoms. The highest BCUT2D eigenvalue weighted by Crippen LogP contribution is 2.27. The Balaban J connectivity index is 2.10. The third kappa shape index (κ3) is 4.02. The number of nitrogens with zero attached hydrogens (tertiary/aromatic N) is 2. The van der Waals surface area contributed by atoms with E-state index in [1.807, 2.05) is 19.1 Å². The molecule has 2 aromatic rings. The number of anilines is 1. The van der Waals surface area contributed by atoms with Gasteiger partial charge in [0, 0.05) is 23.2 Å². The van der Waals surface area contributed by atoms with Crippen LogP contribution in [0.2, 0.25) is 5.02 Å². The molecule has 0 radical (unpaired) electrons. The standard InChI is InChI=1S/C15H14ClN3O3/c1-2-11-5-7-18(8-6-11)10-15(20)17-13-4-3-12(16)9-14(13)19(21)22/h3-9H,2,10H2,1H3/p+1. The third-order valence-electron chi connectivity index (χ3n) is 3.13. The molecule has 1 heterocycles. The van der Waals surface area contributed by atoms with Gasteiger partial charge in [0.1, 0.15) is 5.69 Å². The van der Waals surface area contributed by atoms with Gasteiger partial charge in [-0.3, -0.25) is 14.9 Å². The Morgan fingerprint density at radius 1 is 1.32 bits per heavy atom. The van der Waals surface area contributed by atoms with E-state index in [4.69, 9.17) is 11.6 Å². The molecule has 7 heteroatoms. The van der Waals surface area contributed by atoms with Crippen molar-refractivity contribution in [3.8, 4) is 0 Å². The van der Waals surface area contributed by atoms with Crippen molar-refractivity contribution < 1.29 is 14.3 Å². The summed E-state index contributed by atoms with van der Waals surface area (Å²) in [7, 11) is 0. The first-order valence-electron chi connectivity index (χ1n) is 6.71. The minimum Gasteiger partial charge on any atom is -0.315 e. The fraction of sp³-hybridized carbons (Fsp3) is 0.200. The highest BCUT2D eigenvalue weighted by atomic mass is 35.5. The van der Waals surface area contributed by atoms with Crippen molar-refractivity contribution in [1.29, 1.82) is 0 Å². The Labute approximate surface area is 132 Å². The summed E-state index contributed by atoms with van der Waals surface area (Å²) in [6.07, 6.45) is 4.52. The lowest BCUT2D eigenvalue weighted by molar-refractivity contribution is -0.684. The minimum atomic E-state index is -0.579. The fourth-order valence-electron chi connectivity index (χ4n) is 1.95. The minimum absolute atomic E-state index is 0.0732. The van der Waals surface area contributed by atoms with E-state index >= 15 is 0 Å². The summed E-state index contributed by atoms with van der Waals surface area (Å²) in [5.41, 5.74) is 1.07. The summed E-state index contributed by atoms with van der Waals surface area (Å²) in [6, 6.07) is 7.98. The zero-order chi connectivity index (χ0) is 16.1. The summed E-state index contributed by atoms with van der Waals surface area (Å²) >= 11 is 5.73. The lowest BCUT2D eigenvalue weighted by Gasteiger charge is -2.05. The van der Waals surface area contributed by atoms with E-state index in [2.05, 4.69) is 5.32 Å². The number of aryl methyl sites for hydroxylation is 1. The average Bonchev–Trinajstić information content (AvgIpc) is 2.49. The molecular weight excluding hydrogens is 306 g/mol. The van der Waals surface area contributed by atoms with Crippen LogP contribution in [0.3, 0.4) is 0 Å². The second kappa shape index (κ2) is 7.00. The van der Waals surface area contributed by atoms with E-state index in [-0.39, 0.29) is 28.8 Å². The van der Waals surface area contributed by atoms with Gasteiger partial charge >= 0.3 is 0 Å². The van der Waals surface area contributed by atoms with Gasteiger partial charge in [-0.25, -0.2) is 0 Å². The van der Waals surface area contributed by atoms with Crippen LogP contribution in [-0.4, -0.2) is 10.8 Å². The van der Waals surface area contributed by atoms with Crippen molar-refractivity contribution in [3.63, 3.8) is 0 Å². The summed E-state index contributed by atoms with van der Waals surface area (Å²) in [5, 5.41) is 13.8. The number of benzene rings is 1. The molecule has 1 N–H and O–H groups in total. The number of rotatable bonds is 5. The topological polar surface area (TPSA) is 76.1 Å². The zero-order valence-electron chi connectivity index (χ0n) is 12.0. The summed E-state index contributed by atoms with van der Waals surface area (Å²) < 4.78 is 1.70. The molecule has 6 nitrogen and oxygen atoms in total. The van der Waals surface area contributed by atoms with Crippen LogP contribution in [0.15, 0.2) is 42.7 Å². The van der Waals surface area contributed by atoms with Crippen molar-refractivity contribution in [3.05, 3.63) is 63.4 Å². The molecule has 0 aliphatic heterocycles. The van der Waals surface area contributed by atoms with Crippen LogP contribution in [0.1, 0.15) is 12.5 Å². The Hall–Kier alpha value is -2.47. The maximum Gasteiger partial charge on any atom is 0.294 e. The third-order valence-corrected chi connectivity index (χ3v) is 3.36. The van der Waals surface area contributed by atoms with E-state index in [1.165, 1.54) is 23.8 Å². The van der Waals surface area contributed by atoms with Crippen molar-refractivity contribution in [2.45, 2.75) is 19.9 Å². The van der Waals surface area contributed by atoms with Gasteiger partial charge < -0.3 is 5.32 Å². The van der Waals surface area contributed by atoms with Gasteiger partial charge in [-0.2, -0.15) is 4.57 Å². The Kier molecular flexibility index (Phi) is 5.06. The normalized spacial score (nSPS) is 10.3. The molecule has 0 unspecified atom stereocenters. The quantitative estimate of drug-likeness (QED) is 0.523. The van der Waals surface area contributed by atoms with Crippen LogP contribution in [0.25, 0.3) is 0 Å². The summed E-state index contributed by atoms with van der Waals surface area (Å²) in [6.45, 7) is 2.12. The first-order valence-corrected chi connectivity index (χ1v) is 7.09. The molecule has 0 saturated heterocycles. The van der Waals surface area contributed by atoms with Gasteiger partial charge in [-0.1, -0.05) is 18.5 Å². The second-order valence-corrected chi connectivity index (χ2v) is 5.14. The predicted molar refractivity (Wildman–Crippen MR) is 82.8 cm³/mol. The molecule has 2 rings (SSSR count). The Morgan fingerprint density at radius 2 is 2.00 bits per heavy atom. The molecule has 0 bridgehead atoms. The first-order chi connectivity index (χ1) is 10.5. The number of hydrogen-bond donors (Lipinski definition) is 1. The highest BCUT2D eigenvalue weighted by molar-refractivity contribution is 6.31. The van der Waals surface area contributed by atoms with E-state index in [0.717, 1.165) is 6.42 Å². The molecule has 0 aliphatic carbocycles. The number of halogens is 1. The molecule has 1 aromatic heterocycles. The van der Waals surface area contributed by atoms with Crippen LogP contribution in [0, 0.1) is 10.1 Å². The van der Waals surface area contributed by atoms with Crippen LogP contribution in [-0.2, 0) is 17.8 Å². The summed E-state index contributed by atoms with van der Waals surface area (Å²) in [5.74, 6) is -0.348. The number of nitro groups is 1. The zero-order valence-corrected chi connectivity index (χ0v) is 12.7. The van der Waals surface area contributed by atoms with Crippen LogP contribution >= 0.6 is 11.6 Å². The number of amides is 1. The predicted octanol–water partition coefficient (Wildman–Crippen LogP) is 2.74. The lowest BCUT2D eigenvalue weighted by Crippen LogP contribution is -2.39. The van der Waals surface area contributed by atoms with Crippen molar-refractivity contribution in [1.82, 2.24) is 0 Å². The van der Waals surface area contributed by atoms with Gasteiger partial charge in [0.25, 0.3) is 11.6 Å². The van der Waals surface area contributed by atoms with Gasteiger partial charge in [0.2, 0.25) is 6.54 Å². The van der Waals surface area contributed by atoms with Gasteiger partial charge in [-0.05, 0) is 24.1 Å². The largest absolute Gasteiger partial charge is 0.315 e. The lowest BCUT2D eigenvalue weighted by atomic mass is 10.2. The number of carbonyl (C=O) groups excluding carboxylic acids is 1. The number of carbonyl (C=O) groups is 1. The highest BCUT2D eigenvalue weighted by Gasteiger charge is 2.18. The SMILES string of the molecule is CCc1cc[n+](CC(=O)Nc2ccc(Cl)cc2[N+](=O)[O-])cc1. The fourth-order valence-corrected chi connectivity index (χ4v) is 2.11. The molecule has 0 spiro atoms. The van der Waals surface area contributed by atoms with Crippen molar-refractivity contribution in [2.24, 2.45) is 0 Å². The van der Waals surface area contributed by atoms with Crippen molar-refractivity contribution in [2.75, 3.05) is 5.32 Å². The molecule has 0 atom stereocenters. The maximum absolute atomic E-state index is 12.0. The average molecular weight is 321 g/mol. The molecule has 114 valence electrons. The molecular formula is C15H15ClN3O3+. The number of aromatic nitrogens is 1. The van der Waals surface area contributed by atoms with Crippen LogP contribution in [0.4, 0.5) is 11.4 Å². The number of hydrogen-bond acceptors (Lipinski definition) is 3. The monoisotopic (exact) mass is 320 g/mol. The molecule has 1 amide bonds. The smallest absolute Gasteiger partial charge is 0.294 e. The van der Waals surface area contributed by atoms with E-state index in [0.29, 0.717) is 0 Å². The number of nitro benzene ring substituents is 1.